The van der Waals surface area contributed by atoms with Gasteiger partial charge in [0.15, 0.2) is 0 Å². The van der Waals surface area contributed by atoms with Crippen LogP contribution in [0.1, 0.15) is 36.6 Å². The molecule has 0 radical (unpaired) electrons. The van der Waals surface area contributed by atoms with Crippen molar-refractivity contribution < 1.29 is 28.9 Å². The van der Waals surface area contributed by atoms with Gasteiger partial charge in [-0.05, 0) is 73.5 Å². The molecule has 1 amide bonds. The molecule has 1 heterocycles. The number of aliphatic hydroxyl groups is 1. The first-order chi connectivity index (χ1) is 17.3. The molecule has 1 aliphatic rings. The largest absolute Gasteiger partial charge is 0.507 e. The normalized spacial score (nSPS) is 16.9. The molecule has 7 heteroatoms. The van der Waals surface area contributed by atoms with E-state index < -0.39 is 17.7 Å². The van der Waals surface area contributed by atoms with Gasteiger partial charge in [0.25, 0.3) is 11.7 Å². The summed E-state index contributed by atoms with van der Waals surface area (Å²) in [6, 6.07) is 20.4. The Labute approximate surface area is 210 Å². The smallest absolute Gasteiger partial charge is 0.295 e. The number of carbonyl (C=O) groups excluding carboxylic acids is 2. The molecule has 3 aromatic rings. The van der Waals surface area contributed by atoms with Crippen molar-refractivity contribution in [3.05, 3.63) is 95.1 Å². The van der Waals surface area contributed by atoms with Crippen LogP contribution in [-0.2, 0) is 16.1 Å². The van der Waals surface area contributed by atoms with Crippen LogP contribution in [0.2, 0.25) is 0 Å². The second kappa shape index (κ2) is 10.6. The fourth-order valence-electron chi connectivity index (χ4n) is 4.22. The first-order valence-corrected chi connectivity index (χ1v) is 11.6. The standard InChI is InChI=1S/C29H29NO6/c1-18(2)36-24-15-7-20(8-16-24)26-25(27(31)21-9-13-23(35-4)14-10-21)28(32)29(33)30(26)17-19-5-11-22(34-3)12-6-19/h5-16,18,26,31H,17H2,1-4H3/b27-25-. The van der Waals surface area contributed by atoms with Gasteiger partial charge in [-0.2, -0.15) is 0 Å². The van der Waals surface area contributed by atoms with Gasteiger partial charge < -0.3 is 24.2 Å². The van der Waals surface area contributed by atoms with Crippen molar-refractivity contribution in [2.45, 2.75) is 32.5 Å². The maximum absolute atomic E-state index is 13.3. The summed E-state index contributed by atoms with van der Waals surface area (Å²) in [6.45, 7) is 4.06. The topological polar surface area (TPSA) is 85.3 Å². The van der Waals surface area contributed by atoms with Crippen molar-refractivity contribution in [3.63, 3.8) is 0 Å². The molecule has 1 unspecified atom stereocenters. The van der Waals surface area contributed by atoms with Crippen LogP contribution in [0.15, 0.2) is 78.4 Å². The molecule has 1 aliphatic heterocycles. The van der Waals surface area contributed by atoms with Crippen molar-refractivity contribution >= 4 is 17.4 Å². The molecule has 1 fully saturated rings. The number of rotatable bonds is 8. The Balaban J connectivity index is 1.79. The molecule has 1 atom stereocenters. The number of ether oxygens (including phenoxy) is 3. The van der Waals surface area contributed by atoms with E-state index in [0.717, 1.165) is 5.56 Å². The van der Waals surface area contributed by atoms with Gasteiger partial charge in [-0.3, -0.25) is 9.59 Å². The minimum Gasteiger partial charge on any atom is -0.507 e. The average molecular weight is 488 g/mol. The summed E-state index contributed by atoms with van der Waals surface area (Å²) in [5.74, 6) is 0.343. The fourth-order valence-corrected chi connectivity index (χ4v) is 4.22. The van der Waals surface area contributed by atoms with Crippen LogP contribution in [0.3, 0.4) is 0 Å². The molecule has 0 bridgehead atoms. The highest BCUT2D eigenvalue weighted by Gasteiger charge is 2.46. The molecular weight excluding hydrogens is 458 g/mol. The van der Waals surface area contributed by atoms with Crippen molar-refractivity contribution in [2.75, 3.05) is 14.2 Å². The molecular formula is C29H29NO6. The molecule has 0 aliphatic carbocycles. The van der Waals surface area contributed by atoms with Gasteiger partial charge in [-0.1, -0.05) is 24.3 Å². The van der Waals surface area contributed by atoms with E-state index in [1.54, 1.807) is 62.8 Å². The number of carbonyl (C=O) groups is 2. The number of ketones is 1. The Morgan fingerprint density at radius 1 is 0.833 bits per heavy atom. The minimum atomic E-state index is -0.776. The van der Waals surface area contributed by atoms with Crippen molar-refractivity contribution in [3.8, 4) is 17.2 Å². The van der Waals surface area contributed by atoms with Crippen LogP contribution >= 0.6 is 0 Å². The number of amides is 1. The summed E-state index contributed by atoms with van der Waals surface area (Å²) >= 11 is 0. The lowest BCUT2D eigenvalue weighted by Crippen LogP contribution is -2.29. The van der Waals surface area contributed by atoms with Crippen molar-refractivity contribution in [1.82, 2.24) is 4.90 Å². The van der Waals surface area contributed by atoms with Crippen LogP contribution < -0.4 is 14.2 Å². The quantitative estimate of drug-likeness (QED) is 0.270. The van der Waals surface area contributed by atoms with E-state index in [4.69, 9.17) is 14.2 Å². The molecule has 1 N–H and O–H groups in total. The Kier molecular flexibility index (Phi) is 7.29. The maximum atomic E-state index is 13.3. The highest BCUT2D eigenvalue weighted by molar-refractivity contribution is 6.46. The lowest BCUT2D eigenvalue weighted by atomic mass is 9.95. The highest BCUT2D eigenvalue weighted by Crippen LogP contribution is 2.41. The summed E-state index contributed by atoms with van der Waals surface area (Å²) in [5.41, 5.74) is 1.97. The minimum absolute atomic E-state index is 0.00614. The summed E-state index contributed by atoms with van der Waals surface area (Å²) in [7, 11) is 3.13. The Morgan fingerprint density at radius 2 is 1.36 bits per heavy atom. The van der Waals surface area contributed by atoms with Crippen LogP contribution in [0.4, 0.5) is 0 Å². The van der Waals surface area contributed by atoms with E-state index in [0.29, 0.717) is 28.4 Å². The number of Topliss-reactive ketones (excluding diaryl/α,β-unsaturated/α-hetero) is 1. The third-order valence-electron chi connectivity index (χ3n) is 5.98. The predicted molar refractivity (Wildman–Crippen MR) is 136 cm³/mol. The van der Waals surface area contributed by atoms with Gasteiger partial charge in [0.1, 0.15) is 23.0 Å². The summed E-state index contributed by atoms with van der Waals surface area (Å²) in [4.78, 5) is 28.0. The fraction of sp³-hybridized carbons (Fsp3) is 0.241. The van der Waals surface area contributed by atoms with Gasteiger partial charge in [0, 0.05) is 12.1 Å². The lowest BCUT2D eigenvalue weighted by Gasteiger charge is -2.26. The number of methoxy groups -OCH3 is 2. The van der Waals surface area contributed by atoms with Crippen LogP contribution in [0.5, 0.6) is 17.2 Å². The van der Waals surface area contributed by atoms with E-state index in [2.05, 4.69) is 0 Å². The lowest BCUT2D eigenvalue weighted by molar-refractivity contribution is -0.140. The van der Waals surface area contributed by atoms with E-state index in [9.17, 15) is 14.7 Å². The van der Waals surface area contributed by atoms with Gasteiger partial charge in [0.2, 0.25) is 0 Å². The van der Waals surface area contributed by atoms with E-state index in [1.807, 2.05) is 38.1 Å². The monoisotopic (exact) mass is 487 g/mol. The molecule has 3 aromatic carbocycles. The second-order valence-corrected chi connectivity index (χ2v) is 8.74. The molecule has 7 nitrogen and oxygen atoms in total. The van der Waals surface area contributed by atoms with Gasteiger partial charge in [-0.25, -0.2) is 0 Å². The number of nitrogens with zero attached hydrogens (tertiary/aromatic N) is 1. The Hall–Kier alpha value is -4.26. The summed E-state index contributed by atoms with van der Waals surface area (Å²) < 4.78 is 16.2. The Bertz CT molecular complexity index is 1260. The van der Waals surface area contributed by atoms with E-state index in [-0.39, 0.29) is 24.0 Å². The number of hydrogen-bond donors (Lipinski definition) is 1. The van der Waals surface area contributed by atoms with Crippen LogP contribution in [0, 0.1) is 0 Å². The molecule has 36 heavy (non-hydrogen) atoms. The zero-order chi connectivity index (χ0) is 25.8. The van der Waals surface area contributed by atoms with Crippen LogP contribution in [0.25, 0.3) is 5.76 Å². The average Bonchev–Trinajstić information content (AvgIpc) is 3.14. The van der Waals surface area contributed by atoms with E-state index >= 15 is 0 Å². The molecule has 0 saturated carbocycles. The van der Waals surface area contributed by atoms with Gasteiger partial charge in [0.05, 0.1) is 31.9 Å². The van der Waals surface area contributed by atoms with Gasteiger partial charge in [-0.15, -0.1) is 0 Å². The Morgan fingerprint density at radius 3 is 1.89 bits per heavy atom. The summed E-state index contributed by atoms with van der Waals surface area (Å²) in [6.07, 6.45) is 0.00614. The second-order valence-electron chi connectivity index (χ2n) is 8.74. The zero-order valence-electron chi connectivity index (χ0n) is 20.7. The molecule has 1 saturated heterocycles. The molecule has 186 valence electrons. The first kappa shape index (κ1) is 24.9. The number of likely N-dealkylation sites (tertiary alicyclic amines) is 1. The van der Waals surface area contributed by atoms with E-state index in [1.165, 1.54) is 4.90 Å². The number of aliphatic hydroxyl groups excluding tert-OH is 1. The third kappa shape index (κ3) is 5.05. The molecule has 0 aromatic heterocycles. The predicted octanol–water partition coefficient (Wildman–Crippen LogP) is 5.11. The zero-order valence-corrected chi connectivity index (χ0v) is 20.7. The van der Waals surface area contributed by atoms with Gasteiger partial charge >= 0.3 is 0 Å². The SMILES string of the molecule is COc1ccc(CN2C(=O)C(=O)/C(=C(\O)c3ccc(OC)cc3)C2c2ccc(OC(C)C)cc2)cc1. The third-order valence-corrected chi connectivity index (χ3v) is 5.98. The maximum Gasteiger partial charge on any atom is 0.295 e. The van der Waals surface area contributed by atoms with Crippen LogP contribution in [-0.4, -0.2) is 42.0 Å². The van der Waals surface area contributed by atoms with Crippen molar-refractivity contribution in [1.29, 1.82) is 0 Å². The number of hydrogen-bond acceptors (Lipinski definition) is 6. The molecule has 4 rings (SSSR count). The number of benzene rings is 3. The van der Waals surface area contributed by atoms with Crippen molar-refractivity contribution in [2.24, 2.45) is 0 Å². The molecule has 0 spiro atoms. The summed E-state index contributed by atoms with van der Waals surface area (Å²) in [5, 5.41) is 11.2. The highest BCUT2D eigenvalue weighted by atomic mass is 16.5. The first-order valence-electron chi connectivity index (χ1n) is 11.6.